The van der Waals surface area contributed by atoms with Gasteiger partial charge in [0, 0.05) is 6.54 Å². The fraction of sp³-hybridized carbons (Fsp3) is 0.500. The first-order valence-electron chi connectivity index (χ1n) is 5.28. The van der Waals surface area contributed by atoms with Gasteiger partial charge in [0.15, 0.2) is 0 Å². The lowest BCUT2D eigenvalue weighted by Gasteiger charge is -2.23. The van der Waals surface area contributed by atoms with E-state index in [1.54, 1.807) is 0 Å². The fourth-order valence-electron chi connectivity index (χ4n) is 1.73. The summed E-state index contributed by atoms with van der Waals surface area (Å²) in [5.74, 6) is 0.990. The second-order valence-corrected chi connectivity index (χ2v) is 3.90. The van der Waals surface area contributed by atoms with Crippen molar-refractivity contribution in [3.63, 3.8) is 0 Å². The first-order valence-corrected chi connectivity index (χ1v) is 5.28. The highest BCUT2D eigenvalue weighted by atomic mass is 16.5. The molecule has 1 fully saturated rings. The molecule has 1 aliphatic heterocycles. The molecule has 1 aromatic rings. The Balaban J connectivity index is 1.92. The number of benzene rings is 1. The molecule has 0 saturated carbocycles. The van der Waals surface area contributed by atoms with Gasteiger partial charge in [-0.25, -0.2) is 0 Å². The van der Waals surface area contributed by atoms with Crippen molar-refractivity contribution >= 4 is 0 Å². The molecule has 0 radical (unpaired) electrons. The van der Waals surface area contributed by atoms with Crippen molar-refractivity contribution in [1.29, 1.82) is 0 Å². The minimum atomic E-state index is 0.353. The molecule has 1 heterocycles. The Bertz CT molecular complexity index is 275. The zero-order chi connectivity index (χ0) is 9.80. The molecule has 1 saturated heterocycles. The Morgan fingerprint density at radius 1 is 1.29 bits per heavy atom. The first kappa shape index (κ1) is 9.53. The van der Waals surface area contributed by atoms with E-state index in [0.29, 0.717) is 6.10 Å². The third kappa shape index (κ3) is 2.48. The van der Waals surface area contributed by atoms with Crippen LogP contribution in [0.25, 0.3) is 0 Å². The van der Waals surface area contributed by atoms with Gasteiger partial charge in [-0.2, -0.15) is 0 Å². The third-order valence-electron chi connectivity index (χ3n) is 2.58. The molecule has 76 valence electrons. The summed E-state index contributed by atoms with van der Waals surface area (Å²) >= 11 is 0. The molecule has 0 aliphatic carbocycles. The Morgan fingerprint density at radius 3 is 2.71 bits per heavy atom. The van der Waals surface area contributed by atoms with E-state index in [2.05, 4.69) is 24.4 Å². The van der Waals surface area contributed by atoms with Gasteiger partial charge in [-0.05, 0) is 38.4 Å². The Morgan fingerprint density at radius 2 is 2.07 bits per heavy atom. The van der Waals surface area contributed by atoms with Gasteiger partial charge in [-0.3, -0.25) is 0 Å². The van der Waals surface area contributed by atoms with Gasteiger partial charge in [0.25, 0.3) is 0 Å². The summed E-state index contributed by atoms with van der Waals surface area (Å²) in [5.41, 5.74) is 1.28. The van der Waals surface area contributed by atoms with E-state index in [0.717, 1.165) is 18.8 Å². The van der Waals surface area contributed by atoms with Crippen molar-refractivity contribution in [3.8, 4) is 5.75 Å². The second-order valence-electron chi connectivity index (χ2n) is 3.90. The van der Waals surface area contributed by atoms with Crippen molar-refractivity contribution in [1.82, 2.24) is 5.32 Å². The van der Waals surface area contributed by atoms with E-state index in [-0.39, 0.29) is 0 Å². The van der Waals surface area contributed by atoms with Gasteiger partial charge in [0.2, 0.25) is 0 Å². The van der Waals surface area contributed by atoms with Crippen LogP contribution in [0.2, 0.25) is 0 Å². The van der Waals surface area contributed by atoms with Crippen molar-refractivity contribution in [2.24, 2.45) is 0 Å². The predicted molar refractivity (Wildman–Crippen MR) is 57.7 cm³/mol. The lowest BCUT2D eigenvalue weighted by Crippen LogP contribution is -2.37. The van der Waals surface area contributed by atoms with Crippen molar-refractivity contribution < 1.29 is 4.74 Å². The summed E-state index contributed by atoms with van der Waals surface area (Å²) < 4.78 is 5.85. The number of nitrogens with one attached hydrogen (secondary N) is 1. The molecule has 0 aromatic heterocycles. The molecule has 1 aliphatic rings. The zero-order valence-corrected chi connectivity index (χ0v) is 8.62. The number of rotatable bonds is 2. The van der Waals surface area contributed by atoms with Gasteiger partial charge in [-0.15, -0.1) is 0 Å². The van der Waals surface area contributed by atoms with Gasteiger partial charge >= 0.3 is 0 Å². The molecule has 1 aromatic carbocycles. The molecule has 1 atom stereocenters. The molecule has 2 nitrogen and oxygen atoms in total. The highest BCUT2D eigenvalue weighted by molar-refractivity contribution is 5.26. The monoisotopic (exact) mass is 191 g/mol. The summed E-state index contributed by atoms with van der Waals surface area (Å²) in [6.07, 6.45) is 2.74. The summed E-state index contributed by atoms with van der Waals surface area (Å²) in [4.78, 5) is 0. The van der Waals surface area contributed by atoms with Crippen LogP contribution in [0, 0.1) is 6.92 Å². The molecule has 2 heteroatoms. The molecule has 1 N–H and O–H groups in total. The fourth-order valence-corrected chi connectivity index (χ4v) is 1.73. The SMILES string of the molecule is Cc1ccc(OC2CCCNC2)cc1. The Kier molecular flexibility index (Phi) is 3.04. The normalized spacial score (nSPS) is 21.9. The highest BCUT2D eigenvalue weighted by Gasteiger charge is 2.13. The maximum Gasteiger partial charge on any atom is 0.119 e. The molecule has 0 bridgehead atoms. The largest absolute Gasteiger partial charge is 0.489 e. The lowest BCUT2D eigenvalue weighted by atomic mass is 10.1. The van der Waals surface area contributed by atoms with Crippen LogP contribution in [0.5, 0.6) is 5.75 Å². The van der Waals surface area contributed by atoms with Crippen LogP contribution in [0.15, 0.2) is 24.3 Å². The standard InChI is InChI=1S/C12H17NO/c1-10-4-6-11(7-5-10)14-12-3-2-8-13-9-12/h4-7,12-13H,2-3,8-9H2,1H3. The summed E-state index contributed by atoms with van der Waals surface area (Å²) in [6, 6.07) is 8.27. The highest BCUT2D eigenvalue weighted by Crippen LogP contribution is 2.16. The van der Waals surface area contributed by atoms with E-state index in [4.69, 9.17) is 4.74 Å². The van der Waals surface area contributed by atoms with Gasteiger partial charge in [-0.1, -0.05) is 17.7 Å². The van der Waals surface area contributed by atoms with Crippen molar-refractivity contribution in [2.75, 3.05) is 13.1 Å². The number of aryl methyl sites for hydroxylation is 1. The molecule has 14 heavy (non-hydrogen) atoms. The number of piperidine rings is 1. The maximum atomic E-state index is 5.85. The summed E-state index contributed by atoms with van der Waals surface area (Å²) in [5, 5.41) is 3.34. The summed E-state index contributed by atoms with van der Waals surface area (Å²) in [7, 11) is 0. The predicted octanol–water partition coefficient (Wildman–Crippen LogP) is 2.13. The van der Waals surface area contributed by atoms with E-state index in [1.807, 2.05) is 12.1 Å². The topological polar surface area (TPSA) is 21.3 Å². The molecule has 0 amide bonds. The van der Waals surface area contributed by atoms with Crippen LogP contribution in [-0.4, -0.2) is 19.2 Å². The third-order valence-corrected chi connectivity index (χ3v) is 2.58. The van der Waals surface area contributed by atoms with Gasteiger partial charge in [0.05, 0.1) is 0 Å². The van der Waals surface area contributed by atoms with Crippen molar-refractivity contribution in [2.45, 2.75) is 25.9 Å². The lowest BCUT2D eigenvalue weighted by molar-refractivity contribution is 0.167. The average Bonchev–Trinajstić information content (AvgIpc) is 2.23. The second kappa shape index (κ2) is 4.47. The number of hydrogen-bond acceptors (Lipinski definition) is 2. The van der Waals surface area contributed by atoms with E-state index < -0.39 is 0 Å². The van der Waals surface area contributed by atoms with Crippen molar-refractivity contribution in [3.05, 3.63) is 29.8 Å². The van der Waals surface area contributed by atoms with E-state index >= 15 is 0 Å². The van der Waals surface area contributed by atoms with Crippen LogP contribution < -0.4 is 10.1 Å². The minimum absolute atomic E-state index is 0.353. The molecular weight excluding hydrogens is 174 g/mol. The van der Waals surface area contributed by atoms with Crippen LogP contribution >= 0.6 is 0 Å². The quantitative estimate of drug-likeness (QED) is 0.773. The van der Waals surface area contributed by atoms with Crippen LogP contribution in [0.3, 0.4) is 0 Å². The maximum absolute atomic E-state index is 5.85. The first-order chi connectivity index (χ1) is 6.84. The number of hydrogen-bond donors (Lipinski definition) is 1. The van der Waals surface area contributed by atoms with E-state index in [1.165, 1.54) is 18.4 Å². The zero-order valence-electron chi connectivity index (χ0n) is 8.62. The van der Waals surface area contributed by atoms with Gasteiger partial charge in [0.1, 0.15) is 11.9 Å². The van der Waals surface area contributed by atoms with Crippen LogP contribution in [0.4, 0.5) is 0 Å². The molecule has 0 spiro atoms. The van der Waals surface area contributed by atoms with Gasteiger partial charge < -0.3 is 10.1 Å². The molecular formula is C12H17NO. The Hall–Kier alpha value is -1.02. The average molecular weight is 191 g/mol. The summed E-state index contributed by atoms with van der Waals surface area (Å²) in [6.45, 7) is 4.20. The minimum Gasteiger partial charge on any atom is -0.489 e. The van der Waals surface area contributed by atoms with Crippen LogP contribution in [-0.2, 0) is 0 Å². The van der Waals surface area contributed by atoms with Crippen LogP contribution in [0.1, 0.15) is 18.4 Å². The molecule has 2 rings (SSSR count). The van der Waals surface area contributed by atoms with E-state index in [9.17, 15) is 0 Å². The smallest absolute Gasteiger partial charge is 0.119 e. The Labute approximate surface area is 85.3 Å². The molecule has 1 unspecified atom stereocenters. The number of ether oxygens (including phenoxy) is 1.